The van der Waals surface area contributed by atoms with Gasteiger partial charge in [0.05, 0.1) is 6.42 Å². The van der Waals surface area contributed by atoms with Crippen LogP contribution < -0.4 is 4.90 Å². The van der Waals surface area contributed by atoms with Crippen molar-refractivity contribution >= 4 is 17.4 Å². The topological polar surface area (TPSA) is 37.4 Å². The predicted molar refractivity (Wildman–Crippen MR) is 59.9 cm³/mol. The zero-order chi connectivity index (χ0) is 11.4. The van der Waals surface area contributed by atoms with Crippen LogP contribution >= 0.6 is 0 Å². The zero-order valence-corrected chi connectivity index (χ0v) is 9.28. The molecule has 0 atom stereocenters. The molecule has 0 saturated heterocycles. The van der Waals surface area contributed by atoms with E-state index >= 15 is 0 Å². The molecule has 1 amide bonds. The van der Waals surface area contributed by atoms with E-state index in [9.17, 15) is 9.59 Å². The van der Waals surface area contributed by atoms with Crippen molar-refractivity contribution in [2.24, 2.45) is 0 Å². The van der Waals surface area contributed by atoms with Crippen LogP contribution in [-0.4, -0.2) is 18.7 Å². The molecule has 3 nitrogen and oxygen atoms in total. The highest BCUT2D eigenvalue weighted by Crippen LogP contribution is 2.14. The Morgan fingerprint density at radius 1 is 1.20 bits per heavy atom. The van der Waals surface area contributed by atoms with Crippen molar-refractivity contribution in [3.05, 3.63) is 29.8 Å². The summed E-state index contributed by atoms with van der Waals surface area (Å²) in [5.74, 6) is -0.287. The van der Waals surface area contributed by atoms with Crippen molar-refractivity contribution in [2.45, 2.75) is 20.3 Å². The molecule has 0 fully saturated rings. The lowest BCUT2D eigenvalue weighted by atomic mass is 10.2. The van der Waals surface area contributed by atoms with Gasteiger partial charge in [-0.05, 0) is 26.0 Å². The summed E-state index contributed by atoms with van der Waals surface area (Å²) < 4.78 is 0. The summed E-state index contributed by atoms with van der Waals surface area (Å²) in [7, 11) is 1.68. The van der Waals surface area contributed by atoms with Crippen molar-refractivity contribution < 1.29 is 9.59 Å². The molecular formula is C12H15NO2. The molecule has 0 aliphatic heterocycles. The van der Waals surface area contributed by atoms with Crippen LogP contribution in [0, 0.1) is 6.92 Å². The third kappa shape index (κ3) is 3.20. The Bertz CT molecular complexity index is 368. The van der Waals surface area contributed by atoms with Crippen LogP contribution in [0.5, 0.6) is 0 Å². The van der Waals surface area contributed by atoms with E-state index in [0.29, 0.717) is 0 Å². The van der Waals surface area contributed by atoms with E-state index in [4.69, 9.17) is 0 Å². The quantitative estimate of drug-likeness (QED) is 0.707. The van der Waals surface area contributed by atoms with Gasteiger partial charge >= 0.3 is 0 Å². The van der Waals surface area contributed by atoms with Gasteiger partial charge in [0, 0.05) is 12.7 Å². The van der Waals surface area contributed by atoms with Crippen LogP contribution in [0.25, 0.3) is 0 Å². The summed E-state index contributed by atoms with van der Waals surface area (Å²) in [5.41, 5.74) is 1.96. The van der Waals surface area contributed by atoms with Gasteiger partial charge in [0.1, 0.15) is 5.78 Å². The highest BCUT2D eigenvalue weighted by molar-refractivity contribution is 6.04. The van der Waals surface area contributed by atoms with Gasteiger partial charge in [-0.25, -0.2) is 0 Å². The number of aryl methyl sites for hydroxylation is 1. The van der Waals surface area contributed by atoms with Gasteiger partial charge < -0.3 is 4.90 Å². The first-order valence-corrected chi connectivity index (χ1v) is 4.83. The van der Waals surface area contributed by atoms with Crippen LogP contribution in [0.2, 0.25) is 0 Å². The highest BCUT2D eigenvalue weighted by atomic mass is 16.2. The molecule has 1 aromatic carbocycles. The number of amides is 1. The number of Topliss-reactive ketones (excluding diaryl/α,β-unsaturated/α-hetero) is 1. The van der Waals surface area contributed by atoms with Gasteiger partial charge in [-0.3, -0.25) is 9.59 Å². The van der Waals surface area contributed by atoms with Crippen molar-refractivity contribution in [3.8, 4) is 0 Å². The van der Waals surface area contributed by atoms with Gasteiger partial charge in [-0.15, -0.1) is 0 Å². The Hall–Kier alpha value is -1.64. The summed E-state index contributed by atoms with van der Waals surface area (Å²) in [6.07, 6.45) is -0.0373. The van der Waals surface area contributed by atoms with E-state index in [2.05, 4.69) is 0 Å². The number of anilines is 1. The molecule has 3 heteroatoms. The number of hydrogen-bond acceptors (Lipinski definition) is 2. The second-order valence-corrected chi connectivity index (χ2v) is 3.67. The smallest absolute Gasteiger partial charge is 0.234 e. The minimum atomic E-state index is -0.175. The van der Waals surface area contributed by atoms with E-state index in [1.807, 2.05) is 31.2 Å². The van der Waals surface area contributed by atoms with Gasteiger partial charge in [0.2, 0.25) is 5.91 Å². The number of hydrogen-bond donors (Lipinski definition) is 0. The molecule has 0 N–H and O–H groups in total. The summed E-state index contributed by atoms with van der Waals surface area (Å²) in [4.78, 5) is 23.8. The molecule has 0 unspecified atom stereocenters. The molecule has 80 valence electrons. The number of carbonyl (C=O) groups excluding carboxylic acids is 2. The van der Waals surface area contributed by atoms with Crippen LogP contribution in [-0.2, 0) is 9.59 Å². The van der Waals surface area contributed by atoms with Gasteiger partial charge in [0.25, 0.3) is 0 Å². The third-order valence-corrected chi connectivity index (χ3v) is 2.20. The average molecular weight is 205 g/mol. The normalized spacial score (nSPS) is 9.80. The number of rotatable bonds is 3. The lowest BCUT2D eigenvalue weighted by molar-refractivity contribution is -0.125. The fourth-order valence-corrected chi connectivity index (χ4v) is 1.24. The maximum atomic E-state index is 11.5. The van der Waals surface area contributed by atoms with E-state index in [1.165, 1.54) is 11.8 Å². The molecule has 0 bridgehead atoms. The Morgan fingerprint density at radius 3 is 2.20 bits per heavy atom. The highest BCUT2D eigenvalue weighted by Gasteiger charge is 2.12. The number of ketones is 1. The Balaban J connectivity index is 2.76. The molecular weight excluding hydrogens is 190 g/mol. The zero-order valence-electron chi connectivity index (χ0n) is 9.28. The lowest BCUT2D eigenvalue weighted by Gasteiger charge is -2.16. The van der Waals surface area contributed by atoms with Crippen molar-refractivity contribution in [1.82, 2.24) is 0 Å². The molecule has 0 heterocycles. The van der Waals surface area contributed by atoms with Crippen LogP contribution in [0.3, 0.4) is 0 Å². The molecule has 15 heavy (non-hydrogen) atoms. The van der Waals surface area contributed by atoms with Crippen molar-refractivity contribution in [1.29, 1.82) is 0 Å². The molecule has 0 aliphatic carbocycles. The monoisotopic (exact) mass is 205 g/mol. The first-order valence-electron chi connectivity index (χ1n) is 4.83. The second-order valence-electron chi connectivity index (χ2n) is 3.67. The van der Waals surface area contributed by atoms with E-state index in [1.54, 1.807) is 7.05 Å². The van der Waals surface area contributed by atoms with E-state index < -0.39 is 0 Å². The maximum absolute atomic E-state index is 11.5. The lowest BCUT2D eigenvalue weighted by Crippen LogP contribution is -2.27. The molecule has 0 aromatic heterocycles. The van der Waals surface area contributed by atoms with Crippen molar-refractivity contribution in [2.75, 3.05) is 11.9 Å². The predicted octanol–water partition coefficient (Wildman–Crippen LogP) is 1.94. The van der Waals surface area contributed by atoms with E-state index in [0.717, 1.165) is 11.3 Å². The van der Waals surface area contributed by atoms with Gasteiger partial charge in [-0.2, -0.15) is 0 Å². The summed E-state index contributed by atoms with van der Waals surface area (Å²) in [5, 5.41) is 0. The summed E-state index contributed by atoms with van der Waals surface area (Å²) in [6.45, 7) is 3.40. The number of nitrogens with zero attached hydrogens (tertiary/aromatic N) is 1. The minimum absolute atomic E-state index is 0.0373. The first kappa shape index (κ1) is 11.4. The Labute approximate surface area is 89.7 Å². The Kier molecular flexibility index (Phi) is 3.61. The molecule has 1 rings (SSSR count). The fourth-order valence-electron chi connectivity index (χ4n) is 1.24. The van der Waals surface area contributed by atoms with Crippen LogP contribution in [0.1, 0.15) is 18.9 Å². The second kappa shape index (κ2) is 4.73. The first-order chi connectivity index (χ1) is 7.00. The van der Waals surface area contributed by atoms with Crippen LogP contribution in [0.15, 0.2) is 24.3 Å². The van der Waals surface area contributed by atoms with Gasteiger partial charge in [0.15, 0.2) is 0 Å². The molecule has 0 aliphatic rings. The SMILES string of the molecule is CC(=O)CC(=O)N(C)c1ccc(C)cc1. The van der Waals surface area contributed by atoms with Gasteiger partial charge in [-0.1, -0.05) is 17.7 Å². The largest absolute Gasteiger partial charge is 0.315 e. The standard InChI is InChI=1S/C12H15NO2/c1-9-4-6-11(7-5-9)13(3)12(15)8-10(2)14/h4-7H,8H2,1-3H3. The number of carbonyl (C=O) groups is 2. The maximum Gasteiger partial charge on any atom is 0.234 e. The van der Waals surface area contributed by atoms with E-state index in [-0.39, 0.29) is 18.1 Å². The molecule has 0 saturated carbocycles. The minimum Gasteiger partial charge on any atom is -0.315 e. The van der Waals surface area contributed by atoms with Crippen LogP contribution in [0.4, 0.5) is 5.69 Å². The summed E-state index contributed by atoms with van der Waals surface area (Å²) in [6, 6.07) is 7.61. The molecule has 1 aromatic rings. The summed E-state index contributed by atoms with van der Waals surface area (Å²) >= 11 is 0. The van der Waals surface area contributed by atoms with Crippen molar-refractivity contribution in [3.63, 3.8) is 0 Å². The molecule has 0 spiro atoms. The number of benzene rings is 1. The third-order valence-electron chi connectivity index (χ3n) is 2.20. The Morgan fingerprint density at radius 2 is 1.73 bits per heavy atom. The average Bonchev–Trinajstić information content (AvgIpc) is 2.17. The fraction of sp³-hybridized carbons (Fsp3) is 0.333. The molecule has 0 radical (unpaired) electrons.